The van der Waals surface area contributed by atoms with E-state index in [0.29, 0.717) is 27.8 Å². The number of aromatic hydroxyl groups is 1. The van der Waals surface area contributed by atoms with E-state index >= 15 is 0 Å². The van der Waals surface area contributed by atoms with Crippen molar-refractivity contribution in [2.75, 3.05) is 11.5 Å². The first-order valence-electron chi connectivity index (χ1n) is 10.9. The maximum atomic E-state index is 13.9. The van der Waals surface area contributed by atoms with Crippen molar-refractivity contribution in [1.82, 2.24) is 5.32 Å². The average Bonchev–Trinajstić information content (AvgIpc) is 3.60. The number of rotatable bonds is 7. The van der Waals surface area contributed by atoms with Crippen molar-refractivity contribution in [3.8, 4) is 17.2 Å². The Morgan fingerprint density at radius 3 is 2.66 bits per heavy atom. The molecule has 0 saturated carbocycles. The highest BCUT2D eigenvalue weighted by Crippen LogP contribution is 2.36. The fraction of sp³-hybridized carbons (Fsp3) is 0.154. The fourth-order valence-electron chi connectivity index (χ4n) is 3.85. The highest BCUT2D eigenvalue weighted by molar-refractivity contribution is 7.10. The number of hydrogen-bond donors (Lipinski definition) is 2. The van der Waals surface area contributed by atoms with E-state index in [0.717, 1.165) is 0 Å². The number of fused-ring (bicyclic) bond motifs is 1. The summed E-state index contributed by atoms with van der Waals surface area (Å²) in [6, 6.07) is 19.4. The van der Waals surface area contributed by atoms with Crippen LogP contribution < -0.4 is 19.7 Å². The van der Waals surface area contributed by atoms with E-state index in [-0.39, 0.29) is 18.9 Å². The topological polar surface area (TPSA) is 101 Å². The van der Waals surface area contributed by atoms with E-state index in [1.165, 1.54) is 34.6 Å². The molecule has 178 valence electrons. The number of ether oxygens (including phenoxy) is 2. The number of amides is 2. The van der Waals surface area contributed by atoms with Gasteiger partial charge in [0.05, 0.1) is 12.8 Å². The van der Waals surface area contributed by atoms with Crippen molar-refractivity contribution < 1.29 is 28.6 Å². The predicted molar refractivity (Wildman–Crippen MR) is 130 cm³/mol. The zero-order chi connectivity index (χ0) is 24.2. The predicted octanol–water partition coefficient (Wildman–Crippen LogP) is 4.28. The second-order valence-corrected chi connectivity index (χ2v) is 8.79. The molecule has 2 N–H and O–H groups in total. The van der Waals surface area contributed by atoms with Crippen molar-refractivity contribution in [3.05, 3.63) is 95.1 Å². The van der Waals surface area contributed by atoms with Crippen molar-refractivity contribution in [3.63, 3.8) is 0 Å². The number of para-hydroxylation sites is 2. The largest absolute Gasteiger partial charge is 0.508 e. The van der Waals surface area contributed by atoms with Gasteiger partial charge in [-0.3, -0.25) is 14.5 Å². The molecule has 2 amide bonds. The van der Waals surface area contributed by atoms with Gasteiger partial charge in [0, 0.05) is 16.6 Å². The van der Waals surface area contributed by atoms with E-state index in [4.69, 9.17) is 13.9 Å². The lowest BCUT2D eigenvalue weighted by Crippen LogP contribution is -2.51. The SMILES string of the molecule is O=C(NCc1ccco1)[C@H](c1cccs1)N(C(=O)[C@H]1COc2ccccc2O1)c1cccc(O)c1. The Bertz CT molecular complexity index is 1310. The lowest BCUT2D eigenvalue weighted by molar-refractivity contribution is -0.131. The van der Waals surface area contributed by atoms with Crippen LogP contribution in [0, 0.1) is 0 Å². The molecule has 1 aliphatic heterocycles. The molecule has 1 aliphatic rings. The maximum absolute atomic E-state index is 13.9. The molecule has 4 aromatic rings. The van der Waals surface area contributed by atoms with Gasteiger partial charge in [0.25, 0.3) is 5.91 Å². The molecule has 0 aliphatic carbocycles. The second-order valence-electron chi connectivity index (χ2n) is 7.81. The molecule has 8 nitrogen and oxygen atoms in total. The third-order valence-electron chi connectivity index (χ3n) is 5.47. The molecular formula is C26H22N2O6S. The maximum Gasteiger partial charge on any atom is 0.272 e. The number of carbonyl (C=O) groups excluding carboxylic acids is 2. The Morgan fingerprint density at radius 1 is 1.06 bits per heavy atom. The Morgan fingerprint density at radius 2 is 1.91 bits per heavy atom. The van der Waals surface area contributed by atoms with Gasteiger partial charge in [0.2, 0.25) is 12.0 Å². The van der Waals surface area contributed by atoms with E-state index in [9.17, 15) is 14.7 Å². The average molecular weight is 491 g/mol. The minimum absolute atomic E-state index is 0.0175. The summed E-state index contributed by atoms with van der Waals surface area (Å²) in [7, 11) is 0. The number of hydrogen-bond acceptors (Lipinski definition) is 7. The smallest absolute Gasteiger partial charge is 0.272 e. The van der Waals surface area contributed by atoms with Gasteiger partial charge in [-0.05, 0) is 47.8 Å². The number of phenolic OH excluding ortho intramolecular Hbond substituents is 1. The fourth-order valence-corrected chi connectivity index (χ4v) is 4.66. The molecule has 35 heavy (non-hydrogen) atoms. The molecular weight excluding hydrogens is 468 g/mol. The zero-order valence-corrected chi connectivity index (χ0v) is 19.3. The number of benzene rings is 2. The summed E-state index contributed by atoms with van der Waals surface area (Å²) in [6.07, 6.45) is 0.534. The molecule has 0 radical (unpaired) electrons. The quantitative estimate of drug-likeness (QED) is 0.401. The summed E-state index contributed by atoms with van der Waals surface area (Å²) < 4.78 is 17.1. The lowest BCUT2D eigenvalue weighted by atomic mass is 10.1. The zero-order valence-electron chi connectivity index (χ0n) is 18.5. The Labute approximate surface area is 205 Å². The van der Waals surface area contributed by atoms with Crippen molar-refractivity contribution in [2.24, 2.45) is 0 Å². The molecule has 0 bridgehead atoms. The van der Waals surface area contributed by atoms with Gasteiger partial charge in [-0.15, -0.1) is 11.3 Å². The summed E-state index contributed by atoms with van der Waals surface area (Å²) in [5, 5.41) is 14.9. The number of nitrogens with one attached hydrogen (secondary N) is 1. The molecule has 0 unspecified atom stereocenters. The number of phenols is 1. The third kappa shape index (κ3) is 4.85. The highest BCUT2D eigenvalue weighted by Gasteiger charge is 2.39. The van der Waals surface area contributed by atoms with Gasteiger partial charge in [0.15, 0.2) is 11.5 Å². The number of furan rings is 1. The monoisotopic (exact) mass is 490 g/mol. The summed E-state index contributed by atoms with van der Waals surface area (Å²) in [5.41, 5.74) is 0.351. The summed E-state index contributed by atoms with van der Waals surface area (Å²) in [6.45, 7) is 0.141. The number of carbonyl (C=O) groups is 2. The summed E-state index contributed by atoms with van der Waals surface area (Å²) >= 11 is 1.35. The van der Waals surface area contributed by atoms with Crippen molar-refractivity contribution >= 4 is 28.8 Å². The van der Waals surface area contributed by atoms with E-state index in [1.54, 1.807) is 48.5 Å². The van der Waals surface area contributed by atoms with E-state index < -0.39 is 24.0 Å². The Hall–Kier alpha value is -4.24. The molecule has 9 heteroatoms. The van der Waals surface area contributed by atoms with Crippen LogP contribution in [0.3, 0.4) is 0 Å². The molecule has 2 atom stereocenters. The first-order valence-corrected chi connectivity index (χ1v) is 11.8. The number of thiophene rings is 1. The Balaban J connectivity index is 1.51. The Kier molecular flexibility index (Phi) is 6.40. The minimum atomic E-state index is -1.01. The standard InChI is InChI=1S/C26H22N2O6S/c29-18-7-3-6-17(14-18)28(26(31)22-16-33-20-9-1-2-10-21(20)34-22)24(23-11-5-13-35-23)25(30)27-15-19-8-4-12-32-19/h1-14,22,24,29H,15-16H2,(H,27,30)/t22-,24+/m1/s1. The van der Waals surface area contributed by atoms with Gasteiger partial charge >= 0.3 is 0 Å². The second kappa shape index (κ2) is 9.94. The molecule has 5 rings (SSSR count). The lowest BCUT2D eigenvalue weighted by Gasteiger charge is -2.34. The summed E-state index contributed by atoms with van der Waals surface area (Å²) in [5.74, 6) is 0.662. The van der Waals surface area contributed by atoms with E-state index in [1.807, 2.05) is 17.5 Å². The van der Waals surface area contributed by atoms with Crippen LogP contribution in [0.15, 0.2) is 88.9 Å². The molecule has 3 heterocycles. The number of nitrogens with zero attached hydrogens (tertiary/aromatic N) is 1. The van der Waals surface area contributed by atoms with E-state index in [2.05, 4.69) is 5.32 Å². The summed E-state index contributed by atoms with van der Waals surface area (Å²) in [4.78, 5) is 29.5. The highest BCUT2D eigenvalue weighted by atomic mass is 32.1. The first-order chi connectivity index (χ1) is 17.1. The van der Waals surface area contributed by atoms with Gasteiger partial charge in [-0.1, -0.05) is 24.3 Å². The van der Waals surface area contributed by atoms with Crippen LogP contribution in [0.2, 0.25) is 0 Å². The number of anilines is 1. The van der Waals surface area contributed by atoms with Crippen LogP contribution in [-0.4, -0.2) is 29.6 Å². The molecule has 0 saturated heterocycles. The van der Waals surface area contributed by atoms with Crippen molar-refractivity contribution in [2.45, 2.75) is 18.7 Å². The van der Waals surface area contributed by atoms with Crippen LogP contribution >= 0.6 is 11.3 Å². The molecule has 2 aromatic heterocycles. The molecule has 0 fully saturated rings. The van der Waals surface area contributed by atoms with Gasteiger partial charge in [-0.2, -0.15) is 0 Å². The van der Waals surface area contributed by atoms with Crippen LogP contribution in [0.5, 0.6) is 17.2 Å². The van der Waals surface area contributed by atoms with Crippen LogP contribution in [-0.2, 0) is 16.1 Å². The minimum Gasteiger partial charge on any atom is -0.508 e. The van der Waals surface area contributed by atoms with Crippen molar-refractivity contribution in [1.29, 1.82) is 0 Å². The van der Waals surface area contributed by atoms with Gasteiger partial charge in [0.1, 0.15) is 24.2 Å². The van der Waals surface area contributed by atoms with Crippen LogP contribution in [0.25, 0.3) is 0 Å². The normalized spacial score (nSPS) is 15.3. The van der Waals surface area contributed by atoms with Crippen LogP contribution in [0.4, 0.5) is 5.69 Å². The van der Waals surface area contributed by atoms with Gasteiger partial charge in [-0.25, -0.2) is 0 Å². The van der Waals surface area contributed by atoms with Crippen LogP contribution in [0.1, 0.15) is 16.7 Å². The molecule has 2 aromatic carbocycles. The third-order valence-corrected chi connectivity index (χ3v) is 6.39. The van der Waals surface area contributed by atoms with Gasteiger partial charge < -0.3 is 24.3 Å². The molecule has 0 spiro atoms. The first kappa shape index (κ1) is 22.5.